The molecule has 2 saturated carbocycles. The fourth-order valence-corrected chi connectivity index (χ4v) is 13.3. The Bertz CT molecular complexity index is 1910. The molecule has 1 heterocycles. The first-order valence-corrected chi connectivity index (χ1v) is 21.4. The maximum atomic E-state index is 13.4. The number of rotatable bonds is 12. The van der Waals surface area contributed by atoms with Crippen molar-refractivity contribution in [2.24, 2.45) is 23.2 Å². The molecule has 0 radical (unpaired) electrons. The van der Waals surface area contributed by atoms with Gasteiger partial charge < -0.3 is 9.47 Å². The number of nitro groups is 1. The van der Waals surface area contributed by atoms with Crippen LogP contribution in [0.15, 0.2) is 66.7 Å². The number of hydrogen-bond acceptors (Lipinski definition) is 7. The Hall–Kier alpha value is -4.01. The number of nitrogens with zero attached hydrogens (tertiary/aromatic N) is 2. The minimum Gasteiger partial charge on any atom is -0.423 e. The van der Waals surface area contributed by atoms with Gasteiger partial charge in [0.15, 0.2) is 0 Å². The normalized spacial score (nSPS) is 26.2. The molecule has 2 fully saturated rings. The van der Waals surface area contributed by atoms with Crippen LogP contribution in [-0.4, -0.2) is 48.0 Å². The average Bonchev–Trinajstić information content (AvgIpc) is 3.62. The van der Waals surface area contributed by atoms with Crippen molar-refractivity contribution in [3.63, 3.8) is 0 Å². The number of amides is 1. The van der Waals surface area contributed by atoms with Gasteiger partial charge in [-0.05, 0) is 55.5 Å². The summed E-state index contributed by atoms with van der Waals surface area (Å²) >= 11 is -0.410. The molecule has 0 bridgehead atoms. The van der Waals surface area contributed by atoms with Gasteiger partial charge in [-0.1, -0.05) is 31.2 Å². The second-order valence-electron chi connectivity index (χ2n) is 16.6. The molecule has 10 heteroatoms. The molecule has 3 aromatic rings. The van der Waals surface area contributed by atoms with E-state index in [-0.39, 0.29) is 40.0 Å². The molecule has 0 spiro atoms. The molecule has 0 aromatic heterocycles. The van der Waals surface area contributed by atoms with Gasteiger partial charge in [0, 0.05) is 12.3 Å². The molecule has 3 aliphatic carbocycles. The number of fused-ring (bicyclic) bond motifs is 6. The summed E-state index contributed by atoms with van der Waals surface area (Å²) in [5.41, 5.74) is 3.65. The van der Waals surface area contributed by atoms with E-state index in [0.717, 1.165) is 76.2 Å². The molecule has 6 atom stereocenters. The molecule has 54 heavy (non-hydrogen) atoms. The number of carbonyl (C=O) groups excluding carboxylic acids is 3. The van der Waals surface area contributed by atoms with E-state index < -0.39 is 20.7 Å². The first-order chi connectivity index (χ1) is 25.9. The summed E-state index contributed by atoms with van der Waals surface area (Å²) in [6, 6.07) is 20.5. The minimum atomic E-state index is -0.550. The van der Waals surface area contributed by atoms with Crippen molar-refractivity contribution in [2.45, 2.75) is 122 Å². The number of ether oxygens (including phenoxy) is 2. The van der Waals surface area contributed by atoms with Crippen LogP contribution in [0.5, 0.6) is 5.75 Å². The molecule has 0 N–H and O–H groups in total. The Morgan fingerprint density at radius 2 is 1.69 bits per heavy atom. The van der Waals surface area contributed by atoms with E-state index in [1.165, 1.54) is 24.1 Å². The van der Waals surface area contributed by atoms with Gasteiger partial charge in [-0.25, -0.2) is 4.79 Å². The van der Waals surface area contributed by atoms with Crippen molar-refractivity contribution in [1.82, 2.24) is 3.92 Å². The smallest absolute Gasteiger partial charge is 0.423 e. The Morgan fingerprint density at radius 3 is 2.44 bits per heavy atom. The topological polar surface area (TPSA) is 116 Å². The quantitative estimate of drug-likeness (QED) is 0.0450. The van der Waals surface area contributed by atoms with Crippen LogP contribution in [0.2, 0.25) is 0 Å². The van der Waals surface area contributed by atoms with E-state index >= 15 is 0 Å². The van der Waals surface area contributed by atoms with Crippen LogP contribution in [0.1, 0.15) is 131 Å². The molecular weight excluding hydrogens is 747 g/mol. The van der Waals surface area contributed by atoms with E-state index in [0.29, 0.717) is 45.9 Å². The van der Waals surface area contributed by atoms with E-state index in [4.69, 9.17) is 9.47 Å². The summed E-state index contributed by atoms with van der Waals surface area (Å²) in [5, 5.41) is 11.7. The van der Waals surface area contributed by atoms with Gasteiger partial charge in [-0.15, -0.1) is 0 Å². The van der Waals surface area contributed by atoms with E-state index in [2.05, 4.69) is 19.1 Å². The number of benzene rings is 3. The third-order valence-corrected chi connectivity index (χ3v) is 16.1. The van der Waals surface area contributed by atoms with Crippen LogP contribution in [0.25, 0.3) is 0 Å². The fourth-order valence-electron chi connectivity index (χ4n) is 10.4. The molecule has 7 rings (SSSR count). The molecule has 9 nitrogen and oxygen atoms in total. The first-order valence-electron chi connectivity index (χ1n) is 19.7. The van der Waals surface area contributed by atoms with Crippen LogP contribution in [-0.2, 0) is 26.3 Å². The van der Waals surface area contributed by atoms with E-state index in [9.17, 15) is 24.5 Å². The third-order valence-electron chi connectivity index (χ3n) is 13.0. The molecule has 0 unspecified atom stereocenters. The second kappa shape index (κ2) is 15.6. The van der Waals surface area contributed by atoms with Crippen LogP contribution in [0.4, 0.5) is 5.69 Å². The zero-order valence-corrected chi connectivity index (χ0v) is 33.6. The van der Waals surface area contributed by atoms with Gasteiger partial charge in [0.2, 0.25) is 0 Å². The maximum absolute atomic E-state index is 13.4. The fraction of sp³-hybridized carbons (Fsp3) is 0.523. The van der Waals surface area contributed by atoms with Crippen LogP contribution < -0.4 is 9.20 Å². The molecule has 0 saturated heterocycles. The number of hydrogen-bond donors (Lipinski definition) is 0. The number of unbranched alkanes of at least 4 members (excludes halogenated alkanes) is 4. The zero-order valence-electron chi connectivity index (χ0n) is 31.9. The predicted molar refractivity (Wildman–Crippen MR) is 208 cm³/mol. The monoisotopic (exact) mass is 800 g/mol. The summed E-state index contributed by atoms with van der Waals surface area (Å²) in [7, 11) is 0. The number of esters is 2. The summed E-state index contributed by atoms with van der Waals surface area (Å²) in [6.07, 6.45) is 11.6. The van der Waals surface area contributed by atoms with Crippen molar-refractivity contribution in [2.75, 3.05) is 0 Å². The molecule has 4 aliphatic rings. The standard InChI is InChI=1S/C44H52N2O7Se/c1-28(47)52-38-23-22-35-40-30(16-9-6-5-7-12-19-39(48)45-43(2,3)36-17-13-18-37(46(50)51)41(36)54-45)26-31-27-32(53-42(49)29-14-10-8-11-15-29)20-21-33(31)34(40)24-25-44(35,38)4/h8,10-11,13-15,17-18,20-21,27,30,34-35,38,40H,5-7,9,12,16,19,22-26H2,1-4H3/t30-,34-,35+,38+,40-,44+/m1/s1. The van der Waals surface area contributed by atoms with Gasteiger partial charge in [0.05, 0.1) is 5.56 Å². The van der Waals surface area contributed by atoms with Crippen molar-refractivity contribution in [3.8, 4) is 5.75 Å². The predicted octanol–water partition coefficient (Wildman–Crippen LogP) is 8.58. The minimum absolute atomic E-state index is 0.0161. The second-order valence-corrected chi connectivity index (χ2v) is 18.7. The van der Waals surface area contributed by atoms with Gasteiger partial charge in [0.25, 0.3) is 0 Å². The first kappa shape index (κ1) is 38.3. The van der Waals surface area contributed by atoms with E-state index in [1.54, 1.807) is 18.2 Å². The Kier molecular flexibility index (Phi) is 11.1. The summed E-state index contributed by atoms with van der Waals surface area (Å²) < 4.78 is 14.4. The molecule has 3 aromatic carbocycles. The molecule has 1 amide bonds. The van der Waals surface area contributed by atoms with Crippen molar-refractivity contribution in [1.29, 1.82) is 0 Å². The molecule has 1 aliphatic heterocycles. The number of nitro benzene ring substituents is 1. The van der Waals surface area contributed by atoms with Crippen LogP contribution in [0, 0.1) is 33.3 Å². The van der Waals surface area contributed by atoms with Crippen molar-refractivity contribution in [3.05, 3.63) is 99.1 Å². The Balaban J connectivity index is 0.978. The SMILES string of the molecule is CC(=O)O[C@H]1CC[C@H]2[C@@H]3[C@H](CCCCCCCC(=O)N4[Se]c5c([N+](=O)[O-])cccc5C4(C)C)Cc4cc(OC(=O)c5ccccc5)ccc4[C@H]3CC[C@]12C. The van der Waals surface area contributed by atoms with Gasteiger partial charge in [0.1, 0.15) is 11.9 Å². The Morgan fingerprint density at radius 1 is 0.926 bits per heavy atom. The number of carbonyl (C=O) groups is 3. The van der Waals surface area contributed by atoms with Crippen molar-refractivity contribution < 1.29 is 28.8 Å². The molecular formula is C44H52N2O7Se. The summed E-state index contributed by atoms with van der Waals surface area (Å²) in [6.45, 7) is 7.87. The van der Waals surface area contributed by atoms with Gasteiger partial charge in [-0.2, -0.15) is 0 Å². The summed E-state index contributed by atoms with van der Waals surface area (Å²) in [5.74, 6) is 2.05. The van der Waals surface area contributed by atoms with Crippen molar-refractivity contribution >= 4 is 43.2 Å². The van der Waals surface area contributed by atoms with Crippen LogP contribution in [0.3, 0.4) is 0 Å². The summed E-state index contributed by atoms with van der Waals surface area (Å²) in [4.78, 5) is 49.7. The third kappa shape index (κ3) is 7.36. The molecule has 286 valence electrons. The van der Waals surface area contributed by atoms with Gasteiger partial charge in [-0.3, -0.25) is 4.79 Å². The van der Waals surface area contributed by atoms with Gasteiger partial charge >= 0.3 is 191 Å². The Labute approximate surface area is 325 Å². The van der Waals surface area contributed by atoms with Crippen LogP contribution >= 0.6 is 0 Å². The van der Waals surface area contributed by atoms with E-state index in [1.807, 2.05) is 48.1 Å². The zero-order chi connectivity index (χ0) is 38.2. The average molecular weight is 800 g/mol.